The summed E-state index contributed by atoms with van der Waals surface area (Å²) in [7, 11) is 0. The second kappa shape index (κ2) is 4.52. The molecule has 1 amide bonds. The number of nitrogens with zero attached hydrogens (tertiary/aromatic N) is 2. The zero-order valence-corrected chi connectivity index (χ0v) is 10.9. The van der Waals surface area contributed by atoms with Crippen LogP contribution in [0.5, 0.6) is 0 Å². The van der Waals surface area contributed by atoms with Gasteiger partial charge in [0.25, 0.3) is 0 Å². The summed E-state index contributed by atoms with van der Waals surface area (Å²) in [5.41, 5.74) is 0. The lowest BCUT2D eigenvalue weighted by Gasteiger charge is -2.17. The minimum Gasteiger partial charge on any atom is -0.309 e. The molecule has 2 aliphatic carbocycles. The van der Waals surface area contributed by atoms with Crippen LogP contribution in [0.3, 0.4) is 0 Å². The lowest BCUT2D eigenvalue weighted by Crippen LogP contribution is -2.26. The summed E-state index contributed by atoms with van der Waals surface area (Å²) in [5, 5.41) is 3.07. The normalized spacial score (nSPS) is 28.7. The fourth-order valence-corrected chi connectivity index (χ4v) is 3.01. The third kappa shape index (κ3) is 1.99. The Labute approximate surface area is 114 Å². The molecule has 4 nitrogen and oxygen atoms in total. The highest BCUT2D eigenvalue weighted by molar-refractivity contribution is 6.42. The SMILES string of the molecule is O=C(Nc1ncnc(Cl)c1Cl)C1CC2C=CC1C2. The fraction of sp³-hybridized carbons (Fsp3) is 0.417. The molecule has 0 radical (unpaired) electrons. The average molecular weight is 284 g/mol. The molecule has 3 unspecified atom stereocenters. The van der Waals surface area contributed by atoms with Crippen LogP contribution in [-0.4, -0.2) is 15.9 Å². The molecule has 0 aromatic carbocycles. The Morgan fingerprint density at radius 3 is 2.78 bits per heavy atom. The van der Waals surface area contributed by atoms with Crippen molar-refractivity contribution >= 4 is 34.9 Å². The molecule has 1 fully saturated rings. The van der Waals surface area contributed by atoms with Gasteiger partial charge in [0, 0.05) is 5.92 Å². The third-order valence-corrected chi connectivity index (χ3v) is 4.35. The van der Waals surface area contributed by atoms with Gasteiger partial charge in [-0.3, -0.25) is 4.79 Å². The van der Waals surface area contributed by atoms with Gasteiger partial charge in [-0.1, -0.05) is 35.4 Å². The second-order valence-electron chi connectivity index (χ2n) is 4.70. The molecule has 1 saturated carbocycles. The van der Waals surface area contributed by atoms with Crippen molar-refractivity contribution < 1.29 is 4.79 Å². The van der Waals surface area contributed by atoms with Crippen molar-refractivity contribution in [2.75, 3.05) is 5.32 Å². The highest BCUT2D eigenvalue weighted by Crippen LogP contribution is 2.43. The van der Waals surface area contributed by atoms with E-state index in [2.05, 4.69) is 27.4 Å². The Morgan fingerprint density at radius 2 is 2.11 bits per heavy atom. The van der Waals surface area contributed by atoms with E-state index in [1.807, 2.05) is 0 Å². The molecule has 3 atom stereocenters. The molecule has 6 heteroatoms. The first-order chi connectivity index (χ1) is 8.65. The summed E-state index contributed by atoms with van der Waals surface area (Å²) in [6.07, 6.45) is 7.60. The van der Waals surface area contributed by atoms with Gasteiger partial charge in [0.1, 0.15) is 11.3 Å². The summed E-state index contributed by atoms with van der Waals surface area (Å²) in [5.74, 6) is 1.17. The maximum atomic E-state index is 12.2. The third-order valence-electron chi connectivity index (χ3n) is 3.60. The van der Waals surface area contributed by atoms with E-state index >= 15 is 0 Å². The number of aromatic nitrogens is 2. The van der Waals surface area contributed by atoms with Crippen LogP contribution in [0.2, 0.25) is 10.2 Å². The van der Waals surface area contributed by atoms with Gasteiger partial charge in [-0.25, -0.2) is 9.97 Å². The number of hydrogen-bond acceptors (Lipinski definition) is 3. The number of fused-ring (bicyclic) bond motifs is 2. The molecule has 0 spiro atoms. The number of halogens is 2. The molecule has 3 rings (SSSR count). The minimum absolute atomic E-state index is 0.0183. The minimum atomic E-state index is -0.0384. The molecule has 2 bridgehead atoms. The van der Waals surface area contributed by atoms with E-state index in [1.54, 1.807) is 0 Å². The number of nitrogens with one attached hydrogen (secondary N) is 1. The molecule has 1 aromatic heterocycles. The van der Waals surface area contributed by atoms with E-state index in [4.69, 9.17) is 23.2 Å². The van der Waals surface area contributed by atoms with Gasteiger partial charge in [-0.2, -0.15) is 0 Å². The van der Waals surface area contributed by atoms with Crippen molar-refractivity contribution in [3.05, 3.63) is 28.7 Å². The quantitative estimate of drug-likeness (QED) is 0.671. The van der Waals surface area contributed by atoms with Crippen LogP contribution < -0.4 is 5.32 Å². The van der Waals surface area contributed by atoms with E-state index in [0.29, 0.717) is 11.8 Å². The number of hydrogen-bond donors (Lipinski definition) is 1. The van der Waals surface area contributed by atoms with Gasteiger partial charge in [-0.05, 0) is 24.7 Å². The topological polar surface area (TPSA) is 54.9 Å². The Hall–Kier alpha value is -1.13. The molecule has 2 aliphatic rings. The molecule has 1 heterocycles. The highest BCUT2D eigenvalue weighted by Gasteiger charge is 2.40. The number of anilines is 1. The second-order valence-corrected chi connectivity index (χ2v) is 5.44. The van der Waals surface area contributed by atoms with Crippen LogP contribution in [0.25, 0.3) is 0 Å². The molecule has 1 aromatic rings. The number of carbonyl (C=O) groups is 1. The Balaban J connectivity index is 1.75. The van der Waals surface area contributed by atoms with Crippen molar-refractivity contribution in [3.63, 3.8) is 0 Å². The van der Waals surface area contributed by atoms with E-state index in [0.717, 1.165) is 12.8 Å². The summed E-state index contributed by atoms with van der Waals surface area (Å²) >= 11 is 11.7. The Kier molecular flexibility index (Phi) is 2.99. The largest absolute Gasteiger partial charge is 0.309 e. The number of allylic oxidation sites excluding steroid dienone is 2. The first-order valence-corrected chi connectivity index (χ1v) is 6.56. The van der Waals surface area contributed by atoms with Gasteiger partial charge in [-0.15, -0.1) is 0 Å². The maximum absolute atomic E-state index is 12.2. The van der Waals surface area contributed by atoms with Gasteiger partial charge in [0.2, 0.25) is 5.91 Å². The predicted molar refractivity (Wildman–Crippen MR) is 69.5 cm³/mol. The highest BCUT2D eigenvalue weighted by atomic mass is 35.5. The number of amides is 1. The van der Waals surface area contributed by atoms with Crippen molar-refractivity contribution in [2.45, 2.75) is 12.8 Å². The predicted octanol–water partition coefficient (Wildman–Crippen LogP) is 2.93. The zero-order chi connectivity index (χ0) is 12.7. The van der Waals surface area contributed by atoms with Crippen LogP contribution >= 0.6 is 23.2 Å². The van der Waals surface area contributed by atoms with Crippen LogP contribution in [0.4, 0.5) is 5.82 Å². The smallest absolute Gasteiger partial charge is 0.229 e. The lowest BCUT2D eigenvalue weighted by atomic mass is 9.93. The van der Waals surface area contributed by atoms with Crippen molar-refractivity contribution in [1.29, 1.82) is 0 Å². The fourth-order valence-electron chi connectivity index (χ4n) is 2.73. The lowest BCUT2D eigenvalue weighted by molar-refractivity contribution is -0.120. The Bertz CT molecular complexity index is 532. The molecular weight excluding hydrogens is 273 g/mol. The van der Waals surface area contributed by atoms with E-state index in [9.17, 15) is 4.79 Å². The van der Waals surface area contributed by atoms with Crippen LogP contribution in [0.15, 0.2) is 18.5 Å². The summed E-state index contributed by atoms with van der Waals surface area (Å²) in [6, 6.07) is 0. The van der Waals surface area contributed by atoms with Gasteiger partial charge in [0.05, 0.1) is 0 Å². The molecule has 94 valence electrons. The van der Waals surface area contributed by atoms with Crippen LogP contribution in [0, 0.1) is 17.8 Å². The summed E-state index contributed by atoms with van der Waals surface area (Å²) in [4.78, 5) is 19.8. The van der Waals surface area contributed by atoms with E-state index in [1.165, 1.54) is 6.33 Å². The van der Waals surface area contributed by atoms with Crippen molar-refractivity contribution in [2.24, 2.45) is 17.8 Å². The Morgan fingerprint density at radius 1 is 1.28 bits per heavy atom. The number of carbonyl (C=O) groups excluding carboxylic acids is 1. The summed E-state index contributed by atoms with van der Waals surface area (Å²) in [6.45, 7) is 0. The molecule has 18 heavy (non-hydrogen) atoms. The van der Waals surface area contributed by atoms with Crippen molar-refractivity contribution in [1.82, 2.24) is 9.97 Å². The van der Waals surface area contributed by atoms with E-state index < -0.39 is 0 Å². The number of rotatable bonds is 2. The standard InChI is InChI=1S/C12H11Cl2N3O/c13-9-10(14)15-5-16-11(9)17-12(18)8-4-6-1-2-7(8)3-6/h1-2,5-8H,3-4H2,(H,15,16,17,18). The zero-order valence-electron chi connectivity index (χ0n) is 9.44. The van der Waals surface area contributed by atoms with E-state index in [-0.39, 0.29) is 27.8 Å². The molecular formula is C12H11Cl2N3O. The van der Waals surface area contributed by atoms with Crippen LogP contribution in [0.1, 0.15) is 12.8 Å². The van der Waals surface area contributed by atoms with Crippen molar-refractivity contribution in [3.8, 4) is 0 Å². The first kappa shape index (κ1) is 11.9. The molecule has 0 aliphatic heterocycles. The molecule has 0 saturated heterocycles. The van der Waals surface area contributed by atoms with Gasteiger partial charge in [0.15, 0.2) is 11.0 Å². The van der Waals surface area contributed by atoms with Crippen LogP contribution in [-0.2, 0) is 4.79 Å². The van der Waals surface area contributed by atoms with Gasteiger partial charge < -0.3 is 5.32 Å². The first-order valence-electron chi connectivity index (χ1n) is 5.80. The molecule has 1 N–H and O–H groups in total. The van der Waals surface area contributed by atoms with Gasteiger partial charge >= 0.3 is 0 Å². The maximum Gasteiger partial charge on any atom is 0.229 e. The summed E-state index contributed by atoms with van der Waals surface area (Å²) < 4.78 is 0. The average Bonchev–Trinajstić information content (AvgIpc) is 2.97. The monoisotopic (exact) mass is 283 g/mol.